The minimum absolute atomic E-state index is 0.0477. The second-order valence-corrected chi connectivity index (χ2v) is 9.87. The van der Waals surface area contributed by atoms with E-state index in [9.17, 15) is 22.8 Å². The van der Waals surface area contributed by atoms with E-state index in [2.05, 4.69) is 5.10 Å². The number of nitrogens with zero attached hydrogens (tertiary/aromatic N) is 3. The van der Waals surface area contributed by atoms with Gasteiger partial charge in [-0.05, 0) is 30.5 Å². The van der Waals surface area contributed by atoms with Gasteiger partial charge in [0.2, 0.25) is 0 Å². The van der Waals surface area contributed by atoms with Crippen LogP contribution in [0.4, 0.5) is 13.2 Å². The van der Waals surface area contributed by atoms with Crippen molar-refractivity contribution in [2.45, 2.75) is 36.7 Å². The molecule has 0 saturated carbocycles. The van der Waals surface area contributed by atoms with E-state index in [0.717, 1.165) is 22.9 Å². The summed E-state index contributed by atoms with van der Waals surface area (Å²) in [5, 5.41) is 12.7. The van der Waals surface area contributed by atoms with Gasteiger partial charge in [0.15, 0.2) is 5.69 Å². The molecule has 1 fully saturated rings. The molecule has 0 radical (unpaired) electrons. The van der Waals surface area contributed by atoms with E-state index in [1.807, 2.05) is 31.2 Å². The van der Waals surface area contributed by atoms with Crippen LogP contribution in [0.1, 0.15) is 35.2 Å². The van der Waals surface area contributed by atoms with Crippen molar-refractivity contribution in [3.05, 3.63) is 51.6 Å². The zero-order valence-corrected chi connectivity index (χ0v) is 20.1. The van der Waals surface area contributed by atoms with Crippen LogP contribution in [0.5, 0.6) is 0 Å². The SMILES string of the molecule is Cc1ccccc1CSc1c(/C=C2/SC(=S)N(CCCC(=O)O)C2=O)c(C(F)(F)F)nn1C. The first-order chi connectivity index (χ1) is 15.5. The number of carboxylic acid groups (broad SMARTS) is 1. The average molecular weight is 516 g/mol. The summed E-state index contributed by atoms with van der Waals surface area (Å²) in [5.74, 6) is -1.11. The van der Waals surface area contributed by atoms with Crippen LogP contribution in [-0.2, 0) is 28.6 Å². The molecule has 2 heterocycles. The molecule has 1 aromatic heterocycles. The van der Waals surface area contributed by atoms with Crippen molar-refractivity contribution >= 4 is 58.0 Å². The Morgan fingerprint density at radius 2 is 2.03 bits per heavy atom. The maximum Gasteiger partial charge on any atom is 0.435 e. The zero-order chi connectivity index (χ0) is 24.3. The highest BCUT2D eigenvalue weighted by Crippen LogP contribution is 2.41. The summed E-state index contributed by atoms with van der Waals surface area (Å²) < 4.78 is 42.6. The predicted molar refractivity (Wildman–Crippen MR) is 126 cm³/mol. The number of aliphatic carboxylic acids is 1. The molecule has 0 unspecified atom stereocenters. The summed E-state index contributed by atoms with van der Waals surface area (Å²) >= 11 is 7.30. The van der Waals surface area contributed by atoms with Crippen LogP contribution in [0.3, 0.4) is 0 Å². The fourth-order valence-electron chi connectivity index (χ4n) is 3.17. The molecule has 1 aliphatic heterocycles. The third-order valence-electron chi connectivity index (χ3n) is 4.84. The minimum atomic E-state index is -4.71. The first-order valence-corrected chi connectivity index (χ1v) is 12.0. The second kappa shape index (κ2) is 10.3. The molecule has 33 heavy (non-hydrogen) atoms. The molecule has 3 rings (SSSR count). The van der Waals surface area contributed by atoms with Crippen LogP contribution in [0.25, 0.3) is 6.08 Å². The summed E-state index contributed by atoms with van der Waals surface area (Å²) in [7, 11) is 1.43. The molecule has 0 atom stereocenters. The quantitative estimate of drug-likeness (QED) is 0.298. The largest absolute Gasteiger partial charge is 0.481 e. The van der Waals surface area contributed by atoms with E-state index in [-0.39, 0.29) is 39.2 Å². The van der Waals surface area contributed by atoms with Gasteiger partial charge in [0.25, 0.3) is 5.91 Å². The molecule has 1 aliphatic rings. The number of amides is 1. The number of aryl methyl sites for hydroxylation is 2. The topological polar surface area (TPSA) is 75.4 Å². The van der Waals surface area contributed by atoms with Gasteiger partial charge in [-0.15, -0.1) is 11.8 Å². The van der Waals surface area contributed by atoms with Crippen molar-refractivity contribution in [3.8, 4) is 0 Å². The lowest BCUT2D eigenvalue weighted by molar-refractivity contribution is -0.141. The van der Waals surface area contributed by atoms with Crippen LogP contribution in [-0.4, -0.2) is 42.5 Å². The first-order valence-electron chi connectivity index (χ1n) is 9.77. The van der Waals surface area contributed by atoms with Crippen LogP contribution >= 0.6 is 35.7 Å². The van der Waals surface area contributed by atoms with Crippen molar-refractivity contribution in [2.75, 3.05) is 6.54 Å². The highest BCUT2D eigenvalue weighted by molar-refractivity contribution is 8.26. The van der Waals surface area contributed by atoms with Gasteiger partial charge < -0.3 is 5.11 Å². The molecule has 1 amide bonds. The molecule has 2 aromatic rings. The van der Waals surface area contributed by atoms with Gasteiger partial charge in [0, 0.05) is 31.3 Å². The predicted octanol–water partition coefficient (Wildman–Crippen LogP) is 5.11. The average Bonchev–Trinajstić information content (AvgIpc) is 3.18. The van der Waals surface area contributed by atoms with E-state index in [1.165, 1.54) is 34.5 Å². The Balaban J connectivity index is 1.93. The van der Waals surface area contributed by atoms with Gasteiger partial charge >= 0.3 is 12.1 Å². The maximum absolute atomic E-state index is 13.7. The Kier molecular flexibility index (Phi) is 7.91. The lowest BCUT2D eigenvalue weighted by atomic mass is 10.1. The van der Waals surface area contributed by atoms with E-state index in [0.29, 0.717) is 5.75 Å². The lowest BCUT2D eigenvalue weighted by Crippen LogP contribution is -2.29. The summed E-state index contributed by atoms with van der Waals surface area (Å²) in [6.07, 6.45) is -3.48. The number of rotatable bonds is 8. The van der Waals surface area contributed by atoms with Gasteiger partial charge in [-0.1, -0.05) is 48.2 Å². The Morgan fingerprint density at radius 1 is 1.33 bits per heavy atom. The summed E-state index contributed by atoms with van der Waals surface area (Å²) in [6, 6.07) is 7.59. The van der Waals surface area contributed by atoms with E-state index < -0.39 is 23.7 Å². The Labute approximate surface area is 202 Å². The second-order valence-electron chi connectivity index (χ2n) is 7.23. The number of carbonyl (C=O) groups excluding carboxylic acids is 1. The molecule has 1 saturated heterocycles. The van der Waals surface area contributed by atoms with Crippen LogP contribution in [0, 0.1) is 6.92 Å². The minimum Gasteiger partial charge on any atom is -0.481 e. The zero-order valence-electron chi connectivity index (χ0n) is 17.7. The Morgan fingerprint density at radius 3 is 2.67 bits per heavy atom. The Hall–Kier alpha value is -2.31. The number of hydrogen-bond acceptors (Lipinski definition) is 6. The maximum atomic E-state index is 13.7. The number of alkyl halides is 3. The fraction of sp³-hybridized carbons (Fsp3) is 0.333. The number of benzene rings is 1. The number of carbonyl (C=O) groups is 2. The third-order valence-corrected chi connectivity index (χ3v) is 7.44. The number of carboxylic acids is 1. The molecule has 0 bridgehead atoms. The van der Waals surface area contributed by atoms with Crippen LogP contribution in [0.15, 0.2) is 34.2 Å². The van der Waals surface area contributed by atoms with Gasteiger partial charge in [0.05, 0.1) is 4.91 Å². The molecule has 1 N–H and O–H groups in total. The summed E-state index contributed by atoms with van der Waals surface area (Å²) in [4.78, 5) is 24.8. The molecule has 0 aliphatic carbocycles. The highest BCUT2D eigenvalue weighted by Gasteiger charge is 2.40. The fourth-order valence-corrected chi connectivity index (χ4v) is 5.61. The number of halogens is 3. The van der Waals surface area contributed by atoms with E-state index >= 15 is 0 Å². The number of thioether (sulfide) groups is 2. The number of hydrogen-bond donors (Lipinski definition) is 1. The van der Waals surface area contributed by atoms with Gasteiger partial charge in [0.1, 0.15) is 9.35 Å². The van der Waals surface area contributed by atoms with Gasteiger partial charge in [-0.3, -0.25) is 19.2 Å². The van der Waals surface area contributed by atoms with E-state index in [1.54, 1.807) is 0 Å². The number of aromatic nitrogens is 2. The summed E-state index contributed by atoms with van der Waals surface area (Å²) in [5.41, 5.74) is 0.739. The molecule has 12 heteroatoms. The van der Waals surface area contributed by atoms with Crippen LogP contribution in [0.2, 0.25) is 0 Å². The third kappa shape index (κ3) is 5.98. The molecule has 1 aromatic carbocycles. The highest BCUT2D eigenvalue weighted by atomic mass is 32.2. The van der Waals surface area contributed by atoms with Crippen molar-refractivity contribution in [1.29, 1.82) is 0 Å². The smallest absolute Gasteiger partial charge is 0.435 e. The lowest BCUT2D eigenvalue weighted by Gasteiger charge is -2.13. The molecular formula is C21H20F3N3O3S3. The molecule has 176 valence electrons. The first kappa shape index (κ1) is 25.3. The normalized spacial score (nSPS) is 15.7. The van der Waals surface area contributed by atoms with Crippen LogP contribution < -0.4 is 0 Å². The molecule has 6 nitrogen and oxygen atoms in total. The van der Waals surface area contributed by atoms with Crippen molar-refractivity contribution in [3.63, 3.8) is 0 Å². The summed E-state index contributed by atoms with van der Waals surface area (Å²) in [6.45, 7) is 2.01. The van der Waals surface area contributed by atoms with Crippen molar-refractivity contribution in [1.82, 2.24) is 14.7 Å². The van der Waals surface area contributed by atoms with Gasteiger partial charge in [-0.25, -0.2) is 0 Å². The number of thiocarbonyl (C=S) groups is 1. The Bertz CT molecular complexity index is 1130. The standard InChI is InChI=1S/C21H20F3N3O3S3/c1-12-6-3-4-7-13(12)11-32-19-14(17(21(22,23)24)25-26(19)2)10-15-18(30)27(20(31)33-15)9-5-8-16(28)29/h3-4,6-7,10H,5,8-9,11H2,1-2H3,(H,28,29)/b15-10+. The molecule has 0 spiro atoms. The van der Waals surface area contributed by atoms with Crippen molar-refractivity contribution < 1.29 is 27.9 Å². The molecular weight excluding hydrogens is 495 g/mol. The van der Waals surface area contributed by atoms with Crippen molar-refractivity contribution in [2.24, 2.45) is 7.05 Å². The van der Waals surface area contributed by atoms with E-state index in [4.69, 9.17) is 17.3 Å². The van der Waals surface area contributed by atoms with Gasteiger partial charge in [-0.2, -0.15) is 18.3 Å². The monoisotopic (exact) mass is 515 g/mol.